The third-order valence-corrected chi connectivity index (χ3v) is 3.10. The molecule has 1 aromatic rings. The molecule has 18 heavy (non-hydrogen) atoms. The van der Waals surface area contributed by atoms with Gasteiger partial charge in [0.2, 0.25) is 5.91 Å². The van der Waals surface area contributed by atoms with Crippen LogP contribution >= 0.6 is 0 Å². The molecule has 0 heterocycles. The van der Waals surface area contributed by atoms with Gasteiger partial charge in [-0.3, -0.25) is 4.79 Å². The lowest BCUT2D eigenvalue weighted by atomic mass is 10.3. The summed E-state index contributed by atoms with van der Waals surface area (Å²) in [5.74, 6) is 1.59. The maximum atomic E-state index is 11.8. The van der Waals surface area contributed by atoms with Gasteiger partial charge in [0, 0.05) is 25.3 Å². The molecule has 4 heteroatoms. The standard InChI is InChI=1S/C14H20N2O2/c1-16(10-11-5-6-11)14(17)7-8-18-13-4-2-3-12(15)9-13/h2-4,9,11H,5-8,10,15H2,1H3. The number of carbonyl (C=O) groups is 1. The van der Waals surface area contributed by atoms with E-state index >= 15 is 0 Å². The zero-order chi connectivity index (χ0) is 13.0. The van der Waals surface area contributed by atoms with Crippen LogP contribution in [0.1, 0.15) is 19.3 Å². The van der Waals surface area contributed by atoms with Crippen molar-refractivity contribution >= 4 is 11.6 Å². The van der Waals surface area contributed by atoms with Crippen LogP contribution in [-0.2, 0) is 4.79 Å². The van der Waals surface area contributed by atoms with E-state index in [2.05, 4.69) is 0 Å². The predicted octanol–water partition coefficient (Wildman–Crippen LogP) is 1.91. The van der Waals surface area contributed by atoms with Crippen molar-refractivity contribution in [2.45, 2.75) is 19.3 Å². The first-order chi connectivity index (χ1) is 8.65. The van der Waals surface area contributed by atoms with Crippen LogP contribution in [0.5, 0.6) is 5.75 Å². The minimum absolute atomic E-state index is 0.144. The molecule has 0 spiro atoms. The average Bonchev–Trinajstić information content (AvgIpc) is 3.13. The lowest BCUT2D eigenvalue weighted by molar-refractivity contribution is -0.130. The Labute approximate surface area is 108 Å². The predicted molar refractivity (Wildman–Crippen MR) is 71.3 cm³/mol. The normalized spacial score (nSPS) is 14.3. The molecule has 4 nitrogen and oxygen atoms in total. The van der Waals surface area contributed by atoms with Crippen LogP contribution in [-0.4, -0.2) is 31.0 Å². The van der Waals surface area contributed by atoms with Crippen molar-refractivity contribution in [1.29, 1.82) is 0 Å². The minimum atomic E-state index is 0.144. The molecule has 2 N–H and O–H groups in total. The number of ether oxygens (including phenoxy) is 1. The highest BCUT2D eigenvalue weighted by molar-refractivity contribution is 5.76. The second-order valence-electron chi connectivity index (χ2n) is 4.89. The van der Waals surface area contributed by atoms with Crippen molar-refractivity contribution in [3.05, 3.63) is 24.3 Å². The Morgan fingerprint density at radius 3 is 2.94 bits per heavy atom. The molecule has 0 bridgehead atoms. The zero-order valence-electron chi connectivity index (χ0n) is 10.8. The van der Waals surface area contributed by atoms with Crippen molar-refractivity contribution in [1.82, 2.24) is 4.90 Å². The van der Waals surface area contributed by atoms with Crippen molar-refractivity contribution in [2.75, 3.05) is 25.9 Å². The van der Waals surface area contributed by atoms with Crippen molar-refractivity contribution in [2.24, 2.45) is 5.92 Å². The molecule has 1 amide bonds. The zero-order valence-corrected chi connectivity index (χ0v) is 10.8. The fourth-order valence-electron chi connectivity index (χ4n) is 1.84. The molecule has 98 valence electrons. The van der Waals surface area contributed by atoms with Crippen LogP contribution in [0.15, 0.2) is 24.3 Å². The molecule has 1 aromatic carbocycles. The van der Waals surface area contributed by atoms with Gasteiger partial charge in [0.15, 0.2) is 0 Å². The van der Waals surface area contributed by atoms with Gasteiger partial charge in [0.1, 0.15) is 5.75 Å². The topological polar surface area (TPSA) is 55.6 Å². The smallest absolute Gasteiger partial charge is 0.225 e. The summed E-state index contributed by atoms with van der Waals surface area (Å²) < 4.78 is 5.50. The molecule has 2 rings (SSSR count). The van der Waals surface area contributed by atoms with Gasteiger partial charge in [-0.15, -0.1) is 0 Å². The first-order valence-corrected chi connectivity index (χ1v) is 6.37. The summed E-state index contributed by atoms with van der Waals surface area (Å²) in [6, 6.07) is 7.25. The van der Waals surface area contributed by atoms with Gasteiger partial charge in [-0.25, -0.2) is 0 Å². The Hall–Kier alpha value is -1.71. The molecule has 1 fully saturated rings. The monoisotopic (exact) mass is 248 g/mol. The molecule has 1 aliphatic carbocycles. The van der Waals surface area contributed by atoms with E-state index in [-0.39, 0.29) is 5.91 Å². The highest BCUT2D eigenvalue weighted by Gasteiger charge is 2.24. The van der Waals surface area contributed by atoms with E-state index in [1.165, 1.54) is 12.8 Å². The molecule has 0 aromatic heterocycles. The first-order valence-electron chi connectivity index (χ1n) is 6.37. The maximum absolute atomic E-state index is 11.8. The van der Waals surface area contributed by atoms with Gasteiger partial charge in [0.05, 0.1) is 13.0 Å². The average molecular weight is 248 g/mol. The van der Waals surface area contributed by atoms with Crippen LogP contribution in [0.3, 0.4) is 0 Å². The van der Waals surface area contributed by atoms with E-state index in [4.69, 9.17) is 10.5 Å². The number of nitrogen functional groups attached to an aromatic ring is 1. The van der Waals surface area contributed by atoms with Crippen molar-refractivity contribution in [3.63, 3.8) is 0 Å². The first kappa shape index (κ1) is 12.7. The number of hydrogen-bond donors (Lipinski definition) is 1. The van der Waals surface area contributed by atoms with Crippen LogP contribution in [0.4, 0.5) is 5.69 Å². The number of rotatable bonds is 6. The Morgan fingerprint density at radius 1 is 1.50 bits per heavy atom. The van der Waals surface area contributed by atoms with E-state index in [1.807, 2.05) is 19.2 Å². The second kappa shape index (κ2) is 5.76. The number of nitrogens with zero attached hydrogens (tertiary/aromatic N) is 1. The quantitative estimate of drug-likeness (QED) is 0.782. The third-order valence-electron chi connectivity index (χ3n) is 3.10. The van der Waals surface area contributed by atoms with E-state index in [9.17, 15) is 4.79 Å². The Balaban J connectivity index is 1.69. The molecule has 0 radical (unpaired) electrons. The third kappa shape index (κ3) is 3.95. The molecule has 0 atom stereocenters. The lowest BCUT2D eigenvalue weighted by Gasteiger charge is -2.16. The summed E-state index contributed by atoms with van der Waals surface area (Å²) in [6.45, 7) is 1.29. The number of benzene rings is 1. The highest BCUT2D eigenvalue weighted by atomic mass is 16.5. The SMILES string of the molecule is CN(CC1CC1)C(=O)CCOc1cccc(N)c1. The Bertz CT molecular complexity index is 416. The number of hydrogen-bond acceptors (Lipinski definition) is 3. The highest BCUT2D eigenvalue weighted by Crippen LogP contribution is 2.29. The Morgan fingerprint density at radius 2 is 2.28 bits per heavy atom. The van der Waals surface area contributed by atoms with E-state index in [0.29, 0.717) is 24.5 Å². The Kier molecular flexibility index (Phi) is 4.07. The van der Waals surface area contributed by atoms with Crippen molar-refractivity contribution < 1.29 is 9.53 Å². The maximum Gasteiger partial charge on any atom is 0.225 e. The van der Waals surface area contributed by atoms with Gasteiger partial charge < -0.3 is 15.4 Å². The molecule has 0 aliphatic heterocycles. The summed E-state index contributed by atoms with van der Waals surface area (Å²) in [6.07, 6.45) is 2.94. The van der Waals surface area contributed by atoms with E-state index < -0.39 is 0 Å². The molecule has 1 saturated carbocycles. The molecular formula is C14H20N2O2. The number of nitrogens with two attached hydrogens (primary N) is 1. The van der Waals surface area contributed by atoms with E-state index in [1.54, 1.807) is 17.0 Å². The summed E-state index contributed by atoms with van der Waals surface area (Å²) in [5, 5.41) is 0. The second-order valence-corrected chi connectivity index (χ2v) is 4.89. The molecular weight excluding hydrogens is 228 g/mol. The van der Waals surface area contributed by atoms with Gasteiger partial charge >= 0.3 is 0 Å². The number of anilines is 1. The van der Waals surface area contributed by atoms with Gasteiger partial charge in [0.25, 0.3) is 0 Å². The van der Waals surface area contributed by atoms with Gasteiger partial charge in [-0.1, -0.05) is 6.07 Å². The van der Waals surface area contributed by atoms with Crippen LogP contribution < -0.4 is 10.5 Å². The lowest BCUT2D eigenvalue weighted by Crippen LogP contribution is -2.29. The van der Waals surface area contributed by atoms with Crippen LogP contribution in [0, 0.1) is 5.92 Å². The minimum Gasteiger partial charge on any atom is -0.493 e. The van der Waals surface area contributed by atoms with Crippen LogP contribution in [0.2, 0.25) is 0 Å². The largest absolute Gasteiger partial charge is 0.493 e. The summed E-state index contributed by atoms with van der Waals surface area (Å²) in [4.78, 5) is 13.6. The van der Waals surface area contributed by atoms with E-state index in [0.717, 1.165) is 12.5 Å². The van der Waals surface area contributed by atoms with Gasteiger partial charge in [-0.05, 0) is 30.9 Å². The fraction of sp³-hybridized carbons (Fsp3) is 0.500. The van der Waals surface area contributed by atoms with Gasteiger partial charge in [-0.2, -0.15) is 0 Å². The molecule has 1 aliphatic rings. The van der Waals surface area contributed by atoms with Crippen molar-refractivity contribution in [3.8, 4) is 5.75 Å². The number of carbonyl (C=O) groups excluding carboxylic acids is 1. The number of amides is 1. The summed E-state index contributed by atoms with van der Waals surface area (Å²) >= 11 is 0. The molecule has 0 unspecified atom stereocenters. The fourth-order valence-corrected chi connectivity index (χ4v) is 1.84. The summed E-state index contributed by atoms with van der Waals surface area (Å²) in [5.41, 5.74) is 6.32. The summed E-state index contributed by atoms with van der Waals surface area (Å²) in [7, 11) is 1.86. The van der Waals surface area contributed by atoms with Crippen LogP contribution in [0.25, 0.3) is 0 Å². The molecule has 0 saturated heterocycles.